The molecule has 0 bridgehead atoms. The van der Waals surface area contributed by atoms with Crippen LogP contribution < -0.4 is 5.32 Å². The summed E-state index contributed by atoms with van der Waals surface area (Å²) >= 11 is 0. The van der Waals surface area contributed by atoms with Gasteiger partial charge in [-0.1, -0.05) is 42.0 Å². The predicted molar refractivity (Wildman–Crippen MR) is 86.3 cm³/mol. The normalized spacial score (nSPS) is 20.4. The average molecular weight is 276 g/mol. The van der Waals surface area contributed by atoms with E-state index in [-0.39, 0.29) is 0 Å². The van der Waals surface area contributed by atoms with Crippen molar-refractivity contribution >= 4 is 5.69 Å². The molecular formula is C19H20N2. The maximum Gasteiger partial charge on any atom is 0.0669 e. The van der Waals surface area contributed by atoms with Crippen molar-refractivity contribution in [2.45, 2.75) is 38.1 Å². The van der Waals surface area contributed by atoms with Crippen LogP contribution >= 0.6 is 0 Å². The summed E-state index contributed by atoms with van der Waals surface area (Å²) in [7, 11) is 0. The molecule has 0 atom stereocenters. The molecule has 0 heterocycles. The first kappa shape index (κ1) is 13.7. The van der Waals surface area contributed by atoms with E-state index in [0.717, 1.165) is 11.3 Å². The Morgan fingerprint density at radius 1 is 1.14 bits per heavy atom. The van der Waals surface area contributed by atoms with Crippen LogP contribution in [0.4, 0.5) is 5.69 Å². The second-order valence-electron chi connectivity index (χ2n) is 5.96. The van der Waals surface area contributed by atoms with Gasteiger partial charge in [0.2, 0.25) is 0 Å². The molecule has 1 aliphatic rings. The molecule has 0 unspecified atom stereocenters. The lowest BCUT2D eigenvalue weighted by atomic mass is 9.75. The maximum absolute atomic E-state index is 8.67. The predicted octanol–water partition coefficient (Wildman–Crippen LogP) is 4.42. The lowest BCUT2D eigenvalue weighted by Gasteiger charge is -2.37. The van der Waals surface area contributed by atoms with Crippen molar-refractivity contribution in [1.29, 1.82) is 5.26 Å². The Bertz CT molecular complexity index is 646. The van der Waals surface area contributed by atoms with E-state index >= 15 is 0 Å². The van der Waals surface area contributed by atoms with E-state index in [4.69, 9.17) is 5.26 Å². The second kappa shape index (κ2) is 6.01. The summed E-state index contributed by atoms with van der Waals surface area (Å²) in [5, 5.41) is 12.3. The average Bonchev–Trinajstić information content (AvgIpc) is 2.44. The summed E-state index contributed by atoms with van der Waals surface area (Å²) < 4.78 is 0. The summed E-state index contributed by atoms with van der Waals surface area (Å²) in [4.78, 5) is 0. The van der Waals surface area contributed by atoms with Gasteiger partial charge in [-0.15, -0.1) is 0 Å². The molecular weight excluding hydrogens is 256 g/mol. The summed E-state index contributed by atoms with van der Waals surface area (Å²) in [6.45, 7) is 2.15. The fourth-order valence-electron chi connectivity index (χ4n) is 2.98. The van der Waals surface area contributed by atoms with Gasteiger partial charge in [-0.05, 0) is 48.9 Å². The van der Waals surface area contributed by atoms with Crippen molar-refractivity contribution in [3.63, 3.8) is 0 Å². The molecule has 1 N–H and O–H groups in total. The highest BCUT2D eigenvalue weighted by atomic mass is 14.9. The quantitative estimate of drug-likeness (QED) is 0.897. The number of anilines is 1. The molecule has 0 spiro atoms. The third kappa shape index (κ3) is 3.25. The van der Waals surface area contributed by atoms with Crippen molar-refractivity contribution in [2.24, 2.45) is 0 Å². The number of nitriles is 1. The molecule has 106 valence electrons. The van der Waals surface area contributed by atoms with Crippen molar-refractivity contribution in [3.05, 3.63) is 65.2 Å². The number of hydrogen-bond donors (Lipinski definition) is 1. The molecule has 0 amide bonds. The monoisotopic (exact) mass is 276 g/mol. The van der Waals surface area contributed by atoms with Crippen LogP contribution in [0.15, 0.2) is 48.5 Å². The summed E-state index contributed by atoms with van der Waals surface area (Å²) in [6.07, 6.45) is 2.88. The molecule has 0 aromatic heterocycles. The van der Waals surface area contributed by atoms with Crippen LogP contribution in [0.2, 0.25) is 0 Å². The molecule has 1 aliphatic carbocycles. The van der Waals surface area contributed by atoms with Crippen LogP contribution in [0.25, 0.3) is 0 Å². The number of aryl methyl sites for hydroxylation is 1. The number of benzene rings is 2. The minimum atomic E-state index is 0.485. The van der Waals surface area contributed by atoms with Crippen molar-refractivity contribution in [1.82, 2.24) is 0 Å². The van der Waals surface area contributed by atoms with Gasteiger partial charge in [0.15, 0.2) is 0 Å². The number of hydrogen-bond acceptors (Lipinski definition) is 2. The van der Waals surface area contributed by atoms with E-state index in [9.17, 15) is 0 Å². The van der Waals surface area contributed by atoms with Crippen LogP contribution in [0.1, 0.15) is 35.4 Å². The van der Waals surface area contributed by atoms with Crippen LogP contribution in [-0.4, -0.2) is 6.04 Å². The number of nitrogens with zero attached hydrogens (tertiary/aromatic N) is 1. The zero-order valence-electron chi connectivity index (χ0n) is 12.3. The van der Waals surface area contributed by atoms with Gasteiger partial charge in [-0.25, -0.2) is 0 Å². The summed E-state index contributed by atoms with van der Waals surface area (Å²) in [5.74, 6) is 0.695. The SMILES string of the molecule is Cc1cccc(C2CC(Nc3ccc(CC#N)cc3)C2)c1. The lowest BCUT2D eigenvalue weighted by molar-refractivity contribution is 0.374. The van der Waals surface area contributed by atoms with Crippen molar-refractivity contribution in [2.75, 3.05) is 5.32 Å². The Morgan fingerprint density at radius 2 is 1.90 bits per heavy atom. The largest absolute Gasteiger partial charge is 0.382 e. The Morgan fingerprint density at radius 3 is 2.57 bits per heavy atom. The molecule has 3 rings (SSSR count). The molecule has 2 aromatic rings. The Balaban J connectivity index is 1.54. The van der Waals surface area contributed by atoms with Crippen LogP contribution in [0, 0.1) is 18.3 Å². The highest BCUT2D eigenvalue weighted by Gasteiger charge is 2.30. The maximum atomic E-state index is 8.67. The van der Waals surface area contributed by atoms with E-state index in [1.54, 1.807) is 0 Å². The third-order valence-electron chi connectivity index (χ3n) is 4.26. The summed E-state index contributed by atoms with van der Waals surface area (Å²) in [5.41, 5.74) is 5.05. The zero-order chi connectivity index (χ0) is 14.7. The fourth-order valence-corrected chi connectivity index (χ4v) is 2.98. The first-order chi connectivity index (χ1) is 10.2. The van der Waals surface area contributed by atoms with Crippen LogP contribution in [0.5, 0.6) is 0 Å². The Kier molecular flexibility index (Phi) is 3.92. The van der Waals surface area contributed by atoms with E-state index in [2.05, 4.69) is 54.7 Å². The van der Waals surface area contributed by atoms with Gasteiger partial charge < -0.3 is 5.32 Å². The third-order valence-corrected chi connectivity index (χ3v) is 4.26. The highest BCUT2D eigenvalue weighted by Crippen LogP contribution is 2.38. The molecule has 0 aliphatic heterocycles. The number of nitrogens with one attached hydrogen (secondary N) is 1. The van der Waals surface area contributed by atoms with Crippen molar-refractivity contribution in [3.8, 4) is 6.07 Å². The molecule has 2 heteroatoms. The molecule has 1 fully saturated rings. The molecule has 0 radical (unpaired) electrons. The second-order valence-corrected chi connectivity index (χ2v) is 5.96. The molecule has 0 saturated heterocycles. The standard InChI is InChI=1S/C19H20N2/c1-14-3-2-4-16(11-14)17-12-19(13-17)21-18-7-5-15(6-8-18)9-10-20/h2-8,11,17,19,21H,9,12-13H2,1H3. The van der Waals surface area contributed by atoms with Crippen LogP contribution in [0.3, 0.4) is 0 Å². The van der Waals surface area contributed by atoms with Gasteiger partial charge in [-0.3, -0.25) is 0 Å². The van der Waals surface area contributed by atoms with Gasteiger partial charge in [0, 0.05) is 11.7 Å². The smallest absolute Gasteiger partial charge is 0.0669 e. The van der Waals surface area contributed by atoms with Gasteiger partial charge >= 0.3 is 0 Å². The van der Waals surface area contributed by atoms with E-state index in [0.29, 0.717) is 18.4 Å². The Labute approximate surface area is 126 Å². The minimum Gasteiger partial charge on any atom is -0.382 e. The van der Waals surface area contributed by atoms with E-state index < -0.39 is 0 Å². The topological polar surface area (TPSA) is 35.8 Å². The molecule has 2 aromatic carbocycles. The minimum absolute atomic E-state index is 0.485. The van der Waals surface area contributed by atoms with Gasteiger partial charge in [0.25, 0.3) is 0 Å². The molecule has 1 saturated carbocycles. The number of rotatable bonds is 4. The van der Waals surface area contributed by atoms with Gasteiger partial charge in [0.1, 0.15) is 0 Å². The van der Waals surface area contributed by atoms with Gasteiger partial charge in [-0.2, -0.15) is 5.26 Å². The van der Waals surface area contributed by atoms with E-state index in [1.165, 1.54) is 24.0 Å². The van der Waals surface area contributed by atoms with Crippen LogP contribution in [-0.2, 0) is 6.42 Å². The zero-order valence-corrected chi connectivity index (χ0v) is 12.3. The van der Waals surface area contributed by atoms with Crippen molar-refractivity contribution < 1.29 is 0 Å². The lowest BCUT2D eigenvalue weighted by Crippen LogP contribution is -2.34. The fraction of sp³-hybridized carbons (Fsp3) is 0.316. The first-order valence-electron chi connectivity index (χ1n) is 7.53. The van der Waals surface area contributed by atoms with Gasteiger partial charge in [0.05, 0.1) is 12.5 Å². The first-order valence-corrected chi connectivity index (χ1v) is 7.53. The molecule has 21 heavy (non-hydrogen) atoms. The summed E-state index contributed by atoms with van der Waals surface area (Å²) in [6, 6.07) is 19.8. The highest BCUT2D eigenvalue weighted by molar-refractivity contribution is 5.47. The Hall–Kier alpha value is -2.27. The van der Waals surface area contributed by atoms with E-state index in [1.807, 2.05) is 12.1 Å². The molecule has 2 nitrogen and oxygen atoms in total.